The normalized spacial score (nSPS) is 12.1. The number of carbonyl (C=O) groups is 1. The SMILES string of the molecule is CCNCC(=O)N[C@@H](CO)Cc1ccccc1. The van der Waals surface area contributed by atoms with E-state index in [9.17, 15) is 9.90 Å². The second kappa shape index (κ2) is 7.81. The molecule has 0 unspecified atom stereocenters. The first-order chi connectivity index (χ1) is 8.26. The van der Waals surface area contributed by atoms with Gasteiger partial charge in [0.15, 0.2) is 0 Å². The van der Waals surface area contributed by atoms with Gasteiger partial charge in [0, 0.05) is 0 Å². The van der Waals surface area contributed by atoms with Crippen LogP contribution in [0.3, 0.4) is 0 Å². The van der Waals surface area contributed by atoms with Crippen molar-refractivity contribution in [1.82, 2.24) is 10.6 Å². The van der Waals surface area contributed by atoms with E-state index in [-0.39, 0.29) is 18.6 Å². The van der Waals surface area contributed by atoms with Crippen LogP contribution in [0, 0.1) is 0 Å². The van der Waals surface area contributed by atoms with Crippen LogP contribution in [0.4, 0.5) is 0 Å². The molecule has 0 spiro atoms. The van der Waals surface area contributed by atoms with E-state index in [0.29, 0.717) is 13.0 Å². The highest BCUT2D eigenvalue weighted by Gasteiger charge is 2.11. The quantitative estimate of drug-likeness (QED) is 0.639. The molecule has 0 saturated heterocycles. The van der Waals surface area contributed by atoms with E-state index in [0.717, 1.165) is 12.1 Å². The number of aliphatic hydroxyl groups is 1. The Hall–Kier alpha value is -1.39. The molecule has 0 aromatic heterocycles. The van der Waals surface area contributed by atoms with Gasteiger partial charge in [0.2, 0.25) is 5.91 Å². The van der Waals surface area contributed by atoms with Crippen LogP contribution in [-0.2, 0) is 11.2 Å². The number of rotatable bonds is 7. The first kappa shape index (κ1) is 13.7. The van der Waals surface area contributed by atoms with Gasteiger partial charge in [0.25, 0.3) is 0 Å². The largest absolute Gasteiger partial charge is 0.394 e. The zero-order valence-electron chi connectivity index (χ0n) is 10.1. The number of benzene rings is 1. The lowest BCUT2D eigenvalue weighted by atomic mass is 10.1. The molecule has 1 aromatic carbocycles. The zero-order chi connectivity index (χ0) is 12.5. The van der Waals surface area contributed by atoms with E-state index in [1.165, 1.54) is 0 Å². The molecule has 4 heteroatoms. The molecular weight excluding hydrogens is 216 g/mol. The standard InChI is InChI=1S/C13H20N2O2/c1-2-14-9-13(17)15-12(10-16)8-11-6-4-3-5-7-11/h3-7,12,14,16H,2,8-10H2,1H3,(H,15,17)/t12-/m1/s1. The Labute approximate surface area is 102 Å². The lowest BCUT2D eigenvalue weighted by Crippen LogP contribution is -2.43. The summed E-state index contributed by atoms with van der Waals surface area (Å²) in [6.45, 7) is 2.95. The van der Waals surface area contributed by atoms with Crippen molar-refractivity contribution in [2.24, 2.45) is 0 Å². The second-order valence-corrected chi connectivity index (χ2v) is 3.92. The Bertz CT molecular complexity index is 327. The number of hydrogen-bond acceptors (Lipinski definition) is 3. The molecule has 3 N–H and O–H groups in total. The lowest BCUT2D eigenvalue weighted by Gasteiger charge is -2.16. The topological polar surface area (TPSA) is 61.4 Å². The number of likely N-dealkylation sites (N-methyl/N-ethyl adjacent to an activating group) is 1. The first-order valence-corrected chi connectivity index (χ1v) is 5.91. The highest BCUT2D eigenvalue weighted by Crippen LogP contribution is 2.02. The third kappa shape index (κ3) is 5.47. The van der Waals surface area contributed by atoms with E-state index in [4.69, 9.17) is 0 Å². The minimum atomic E-state index is -0.219. The molecule has 0 aliphatic rings. The number of nitrogens with one attached hydrogen (secondary N) is 2. The summed E-state index contributed by atoms with van der Waals surface area (Å²) >= 11 is 0. The van der Waals surface area contributed by atoms with Crippen molar-refractivity contribution in [3.05, 3.63) is 35.9 Å². The predicted octanol–water partition coefficient (Wildman–Crippen LogP) is 0.316. The van der Waals surface area contributed by atoms with Crippen LogP contribution in [0.2, 0.25) is 0 Å². The molecule has 0 radical (unpaired) electrons. The van der Waals surface area contributed by atoms with Gasteiger partial charge in [-0.2, -0.15) is 0 Å². The maximum Gasteiger partial charge on any atom is 0.234 e. The van der Waals surface area contributed by atoms with E-state index in [2.05, 4.69) is 10.6 Å². The summed E-state index contributed by atoms with van der Waals surface area (Å²) in [5.41, 5.74) is 1.11. The van der Waals surface area contributed by atoms with Crippen LogP contribution in [0.15, 0.2) is 30.3 Å². The summed E-state index contributed by atoms with van der Waals surface area (Å²) in [5.74, 6) is -0.0816. The Morgan fingerprint density at radius 1 is 1.35 bits per heavy atom. The molecule has 1 rings (SSSR count). The van der Waals surface area contributed by atoms with E-state index in [1.807, 2.05) is 37.3 Å². The van der Waals surface area contributed by atoms with E-state index >= 15 is 0 Å². The van der Waals surface area contributed by atoms with Crippen molar-refractivity contribution in [3.8, 4) is 0 Å². The van der Waals surface area contributed by atoms with Gasteiger partial charge < -0.3 is 15.7 Å². The molecule has 0 aliphatic carbocycles. The minimum absolute atomic E-state index is 0.0488. The predicted molar refractivity (Wildman–Crippen MR) is 67.7 cm³/mol. The monoisotopic (exact) mass is 236 g/mol. The molecular formula is C13H20N2O2. The van der Waals surface area contributed by atoms with Crippen molar-refractivity contribution >= 4 is 5.91 Å². The number of carbonyl (C=O) groups excluding carboxylic acids is 1. The molecule has 0 saturated carbocycles. The van der Waals surface area contributed by atoms with Gasteiger partial charge in [-0.05, 0) is 18.5 Å². The maximum absolute atomic E-state index is 11.5. The smallest absolute Gasteiger partial charge is 0.234 e. The Morgan fingerprint density at radius 2 is 2.06 bits per heavy atom. The molecule has 4 nitrogen and oxygen atoms in total. The van der Waals surface area contributed by atoms with Crippen molar-refractivity contribution in [2.45, 2.75) is 19.4 Å². The minimum Gasteiger partial charge on any atom is -0.394 e. The Morgan fingerprint density at radius 3 is 2.65 bits per heavy atom. The summed E-state index contributed by atoms with van der Waals surface area (Å²) in [7, 11) is 0. The van der Waals surface area contributed by atoms with E-state index < -0.39 is 0 Å². The van der Waals surface area contributed by atoms with Crippen molar-refractivity contribution in [1.29, 1.82) is 0 Å². The fourth-order valence-electron chi connectivity index (χ4n) is 1.58. The van der Waals surface area contributed by atoms with Gasteiger partial charge in [-0.25, -0.2) is 0 Å². The average Bonchev–Trinajstić information content (AvgIpc) is 2.36. The van der Waals surface area contributed by atoms with Crippen LogP contribution < -0.4 is 10.6 Å². The summed E-state index contributed by atoms with van der Waals surface area (Å²) < 4.78 is 0. The van der Waals surface area contributed by atoms with Gasteiger partial charge in [-0.15, -0.1) is 0 Å². The summed E-state index contributed by atoms with van der Waals surface area (Å²) in [5, 5.41) is 15.0. The van der Waals surface area contributed by atoms with Crippen LogP contribution in [-0.4, -0.2) is 36.8 Å². The van der Waals surface area contributed by atoms with Gasteiger partial charge in [0.05, 0.1) is 19.2 Å². The number of aliphatic hydroxyl groups excluding tert-OH is 1. The Balaban J connectivity index is 2.41. The van der Waals surface area contributed by atoms with Crippen LogP contribution >= 0.6 is 0 Å². The van der Waals surface area contributed by atoms with E-state index in [1.54, 1.807) is 0 Å². The maximum atomic E-state index is 11.5. The average molecular weight is 236 g/mol. The van der Waals surface area contributed by atoms with Gasteiger partial charge in [-0.3, -0.25) is 4.79 Å². The molecule has 1 amide bonds. The number of hydrogen-bond donors (Lipinski definition) is 3. The molecule has 17 heavy (non-hydrogen) atoms. The third-order valence-electron chi connectivity index (χ3n) is 2.45. The first-order valence-electron chi connectivity index (χ1n) is 5.91. The summed E-state index contributed by atoms with van der Waals surface area (Å²) in [6, 6.07) is 9.59. The molecule has 94 valence electrons. The molecule has 0 bridgehead atoms. The van der Waals surface area contributed by atoms with Crippen molar-refractivity contribution < 1.29 is 9.90 Å². The number of amides is 1. The molecule has 1 aromatic rings. The molecule has 0 aliphatic heterocycles. The fourth-order valence-corrected chi connectivity index (χ4v) is 1.58. The summed E-state index contributed by atoms with van der Waals surface area (Å²) in [6.07, 6.45) is 0.648. The molecule has 1 atom stereocenters. The zero-order valence-corrected chi connectivity index (χ0v) is 10.1. The van der Waals surface area contributed by atoms with Crippen LogP contribution in [0.5, 0.6) is 0 Å². The van der Waals surface area contributed by atoms with Crippen molar-refractivity contribution in [3.63, 3.8) is 0 Å². The van der Waals surface area contributed by atoms with Gasteiger partial charge in [0.1, 0.15) is 0 Å². The second-order valence-electron chi connectivity index (χ2n) is 3.92. The van der Waals surface area contributed by atoms with Crippen molar-refractivity contribution in [2.75, 3.05) is 19.7 Å². The molecule has 0 fully saturated rings. The fraction of sp³-hybridized carbons (Fsp3) is 0.462. The highest BCUT2D eigenvalue weighted by molar-refractivity contribution is 5.78. The lowest BCUT2D eigenvalue weighted by molar-refractivity contribution is -0.121. The van der Waals surface area contributed by atoms with Crippen LogP contribution in [0.1, 0.15) is 12.5 Å². The van der Waals surface area contributed by atoms with Gasteiger partial charge >= 0.3 is 0 Å². The third-order valence-corrected chi connectivity index (χ3v) is 2.45. The Kier molecular flexibility index (Phi) is 6.29. The summed E-state index contributed by atoms with van der Waals surface area (Å²) in [4.78, 5) is 11.5. The van der Waals surface area contributed by atoms with Crippen LogP contribution in [0.25, 0.3) is 0 Å². The van der Waals surface area contributed by atoms with Gasteiger partial charge in [-0.1, -0.05) is 37.3 Å². The highest BCUT2D eigenvalue weighted by atomic mass is 16.3. The molecule has 0 heterocycles.